The summed E-state index contributed by atoms with van der Waals surface area (Å²) in [5.74, 6) is 2.40. The minimum absolute atomic E-state index is 0.276. The van der Waals surface area contributed by atoms with E-state index < -0.39 is 0 Å². The summed E-state index contributed by atoms with van der Waals surface area (Å²) in [6.45, 7) is 5.40. The van der Waals surface area contributed by atoms with Gasteiger partial charge in [-0.1, -0.05) is 42.2 Å². The molecule has 7 nitrogen and oxygen atoms in total. The number of guanidine groups is 1. The first-order valence-corrected chi connectivity index (χ1v) is 8.94. The third-order valence-corrected chi connectivity index (χ3v) is 4.58. The minimum atomic E-state index is 0.276. The molecular formula is C16H24Cl2N6O. The molecule has 0 aliphatic heterocycles. The number of aryl methyl sites for hydroxylation is 1. The van der Waals surface area contributed by atoms with Crippen molar-refractivity contribution in [3.05, 3.63) is 33.7 Å². The monoisotopic (exact) mass is 386 g/mol. The first kappa shape index (κ1) is 19.6. The van der Waals surface area contributed by atoms with Crippen LogP contribution in [-0.2, 0) is 20.0 Å². The van der Waals surface area contributed by atoms with Crippen LogP contribution in [0.25, 0.3) is 0 Å². The summed E-state index contributed by atoms with van der Waals surface area (Å²) in [5, 5.41) is 11.5. The van der Waals surface area contributed by atoms with Crippen LogP contribution in [0.1, 0.15) is 43.6 Å². The van der Waals surface area contributed by atoms with E-state index in [2.05, 4.69) is 25.8 Å². The van der Waals surface area contributed by atoms with Crippen LogP contribution in [0, 0.1) is 0 Å². The van der Waals surface area contributed by atoms with Crippen molar-refractivity contribution in [2.75, 3.05) is 13.6 Å². The first-order chi connectivity index (χ1) is 11.9. The number of hydrogen-bond donors (Lipinski definition) is 2. The van der Waals surface area contributed by atoms with Crippen LogP contribution in [-0.4, -0.2) is 34.3 Å². The van der Waals surface area contributed by atoms with Crippen LogP contribution in [0.5, 0.6) is 0 Å². The molecule has 2 aromatic heterocycles. The van der Waals surface area contributed by atoms with Crippen LogP contribution in [0.15, 0.2) is 15.6 Å². The van der Waals surface area contributed by atoms with Crippen molar-refractivity contribution in [2.24, 2.45) is 12.0 Å². The molecule has 0 aromatic carbocycles. The molecule has 0 radical (unpaired) electrons. The van der Waals surface area contributed by atoms with Crippen molar-refractivity contribution in [1.82, 2.24) is 25.3 Å². The van der Waals surface area contributed by atoms with E-state index in [4.69, 9.17) is 27.7 Å². The number of aliphatic imine (C=N–C) groups is 1. The van der Waals surface area contributed by atoms with Gasteiger partial charge in [0.15, 0.2) is 11.8 Å². The highest BCUT2D eigenvalue weighted by atomic mass is 35.5. The third kappa shape index (κ3) is 5.37. The summed E-state index contributed by atoms with van der Waals surface area (Å²) in [7, 11) is 3.60. The van der Waals surface area contributed by atoms with Crippen LogP contribution in [0.3, 0.4) is 0 Å². The molecular weight excluding hydrogens is 363 g/mol. The van der Waals surface area contributed by atoms with Crippen molar-refractivity contribution < 1.29 is 4.52 Å². The van der Waals surface area contributed by atoms with Crippen molar-refractivity contribution in [1.29, 1.82) is 0 Å². The molecule has 0 aliphatic carbocycles. The summed E-state index contributed by atoms with van der Waals surface area (Å²) in [6.07, 6.45) is 1.59. The molecule has 9 heteroatoms. The SMILES string of the molecule is CN=C(NCCCc1nc(C(C)C)no1)NCc1cc(Cl)c(Cl)n1C. The zero-order chi connectivity index (χ0) is 18.4. The van der Waals surface area contributed by atoms with Gasteiger partial charge in [-0.15, -0.1) is 0 Å². The Balaban J connectivity index is 1.73. The van der Waals surface area contributed by atoms with Gasteiger partial charge in [-0.05, 0) is 12.5 Å². The number of hydrogen-bond acceptors (Lipinski definition) is 4. The molecule has 0 fully saturated rings. The van der Waals surface area contributed by atoms with Crippen molar-refractivity contribution in [3.8, 4) is 0 Å². The smallest absolute Gasteiger partial charge is 0.226 e. The predicted molar refractivity (Wildman–Crippen MR) is 100 cm³/mol. The largest absolute Gasteiger partial charge is 0.356 e. The summed E-state index contributed by atoms with van der Waals surface area (Å²) < 4.78 is 7.07. The molecule has 0 spiro atoms. The summed E-state index contributed by atoms with van der Waals surface area (Å²) in [6, 6.07) is 1.84. The summed E-state index contributed by atoms with van der Waals surface area (Å²) >= 11 is 12.1. The Labute approximate surface area is 157 Å². The fraction of sp³-hybridized carbons (Fsp3) is 0.562. The highest BCUT2D eigenvalue weighted by molar-refractivity contribution is 6.41. The van der Waals surface area contributed by atoms with Gasteiger partial charge in [0.1, 0.15) is 5.15 Å². The number of nitrogens with one attached hydrogen (secondary N) is 2. The van der Waals surface area contributed by atoms with E-state index in [0.29, 0.717) is 28.6 Å². The van der Waals surface area contributed by atoms with Gasteiger partial charge >= 0.3 is 0 Å². The normalized spacial score (nSPS) is 12.0. The average molecular weight is 387 g/mol. The second-order valence-electron chi connectivity index (χ2n) is 5.99. The number of aromatic nitrogens is 3. The highest BCUT2D eigenvalue weighted by Gasteiger charge is 2.10. The maximum absolute atomic E-state index is 6.07. The van der Waals surface area contributed by atoms with E-state index in [1.54, 1.807) is 7.05 Å². The zero-order valence-electron chi connectivity index (χ0n) is 14.9. The van der Waals surface area contributed by atoms with E-state index in [-0.39, 0.29) is 5.92 Å². The van der Waals surface area contributed by atoms with Gasteiger partial charge in [-0.3, -0.25) is 4.99 Å². The van der Waals surface area contributed by atoms with E-state index >= 15 is 0 Å². The van der Waals surface area contributed by atoms with Crippen LogP contribution in [0.4, 0.5) is 0 Å². The lowest BCUT2D eigenvalue weighted by molar-refractivity contribution is 0.368. The lowest BCUT2D eigenvalue weighted by atomic mass is 10.2. The fourth-order valence-corrected chi connectivity index (χ4v) is 2.62. The Bertz CT molecular complexity index is 722. The maximum atomic E-state index is 6.07. The molecule has 0 unspecified atom stereocenters. The molecule has 2 heterocycles. The molecule has 0 saturated heterocycles. The molecule has 0 aliphatic rings. The lowest BCUT2D eigenvalue weighted by Gasteiger charge is -2.12. The van der Waals surface area contributed by atoms with E-state index in [1.165, 1.54) is 0 Å². The number of rotatable bonds is 7. The Hall–Kier alpha value is -1.73. The molecule has 2 N–H and O–H groups in total. The maximum Gasteiger partial charge on any atom is 0.226 e. The Morgan fingerprint density at radius 1 is 1.36 bits per heavy atom. The topological polar surface area (TPSA) is 80.3 Å². The second kappa shape index (κ2) is 9.10. The molecule has 0 saturated carbocycles. The molecule has 0 atom stereocenters. The van der Waals surface area contributed by atoms with Gasteiger partial charge in [0.05, 0.1) is 11.6 Å². The zero-order valence-corrected chi connectivity index (χ0v) is 16.4. The summed E-state index contributed by atoms with van der Waals surface area (Å²) in [4.78, 5) is 8.57. The van der Waals surface area contributed by atoms with E-state index in [1.807, 2.05) is 31.5 Å². The van der Waals surface area contributed by atoms with E-state index in [0.717, 1.165) is 30.9 Å². The van der Waals surface area contributed by atoms with Gasteiger partial charge in [-0.25, -0.2) is 0 Å². The van der Waals surface area contributed by atoms with Gasteiger partial charge in [0, 0.05) is 38.7 Å². The van der Waals surface area contributed by atoms with Crippen LogP contribution >= 0.6 is 23.2 Å². The lowest BCUT2D eigenvalue weighted by Crippen LogP contribution is -2.37. The molecule has 2 aromatic rings. The standard InChI is InChI=1S/C16H24Cl2N6O/c1-10(2)15-22-13(25-23-15)6-5-7-20-16(19-3)21-9-11-8-12(17)14(18)24(11)4/h8,10H,5-7,9H2,1-4H3,(H2,19,20,21). The van der Waals surface area contributed by atoms with Crippen LogP contribution in [0.2, 0.25) is 10.2 Å². The van der Waals surface area contributed by atoms with Gasteiger partial charge in [0.25, 0.3) is 0 Å². The van der Waals surface area contributed by atoms with Crippen LogP contribution < -0.4 is 10.6 Å². The second-order valence-corrected chi connectivity index (χ2v) is 6.76. The summed E-state index contributed by atoms with van der Waals surface area (Å²) in [5.41, 5.74) is 0.977. The fourth-order valence-electron chi connectivity index (χ4n) is 2.20. The molecule has 25 heavy (non-hydrogen) atoms. The van der Waals surface area contributed by atoms with Gasteiger partial charge < -0.3 is 19.7 Å². The average Bonchev–Trinajstić information content (AvgIpc) is 3.15. The Morgan fingerprint density at radius 2 is 2.12 bits per heavy atom. The molecule has 2 rings (SSSR count). The molecule has 0 amide bonds. The highest BCUT2D eigenvalue weighted by Crippen LogP contribution is 2.24. The Morgan fingerprint density at radius 3 is 2.68 bits per heavy atom. The number of halogens is 2. The predicted octanol–water partition coefficient (Wildman–Crippen LogP) is 3.14. The Kier molecular flexibility index (Phi) is 7.13. The van der Waals surface area contributed by atoms with Crippen molar-refractivity contribution in [2.45, 2.75) is 39.2 Å². The first-order valence-electron chi connectivity index (χ1n) is 8.19. The molecule has 0 bridgehead atoms. The van der Waals surface area contributed by atoms with Crippen molar-refractivity contribution in [3.63, 3.8) is 0 Å². The quantitative estimate of drug-likeness (QED) is 0.434. The van der Waals surface area contributed by atoms with E-state index in [9.17, 15) is 0 Å². The van der Waals surface area contributed by atoms with Crippen molar-refractivity contribution >= 4 is 29.2 Å². The number of nitrogens with zero attached hydrogens (tertiary/aromatic N) is 4. The molecule has 138 valence electrons. The third-order valence-electron chi connectivity index (χ3n) is 3.74. The minimum Gasteiger partial charge on any atom is -0.356 e. The van der Waals surface area contributed by atoms with Gasteiger partial charge in [-0.2, -0.15) is 4.98 Å². The van der Waals surface area contributed by atoms with Gasteiger partial charge in [0.2, 0.25) is 5.89 Å².